The molecule has 2 fully saturated rings. The van der Waals surface area contributed by atoms with E-state index in [4.69, 9.17) is 0 Å². The lowest BCUT2D eigenvalue weighted by Gasteiger charge is -2.30. The lowest BCUT2D eigenvalue weighted by atomic mass is 9.73. The average molecular weight is 336 g/mol. The van der Waals surface area contributed by atoms with Crippen LogP contribution in [0.5, 0.6) is 0 Å². The Bertz CT molecular complexity index is 679. The monoisotopic (exact) mass is 336 g/mol. The molecule has 1 aromatic carbocycles. The molecule has 3 rings (SSSR count). The zero-order chi connectivity index (χ0) is 17.3. The number of amides is 3. The Labute approximate surface area is 138 Å². The highest BCUT2D eigenvalue weighted by Crippen LogP contribution is 2.45. The van der Waals surface area contributed by atoms with Crippen molar-refractivity contribution < 1.29 is 23.2 Å². The van der Waals surface area contributed by atoms with Crippen LogP contribution in [0, 0.1) is 17.0 Å². The van der Waals surface area contributed by atoms with Gasteiger partial charge in [-0.2, -0.15) is 0 Å². The van der Waals surface area contributed by atoms with E-state index in [1.165, 1.54) is 6.07 Å². The maximum absolute atomic E-state index is 13.6. The summed E-state index contributed by atoms with van der Waals surface area (Å²) in [6, 6.07) is 3.21. The molecular formula is C17H18F2N2O3. The fraction of sp³-hybridized carbons (Fsp3) is 0.471. The zero-order valence-electron chi connectivity index (χ0n) is 13.1. The van der Waals surface area contributed by atoms with E-state index in [9.17, 15) is 23.2 Å². The van der Waals surface area contributed by atoms with E-state index >= 15 is 0 Å². The van der Waals surface area contributed by atoms with E-state index in [0.717, 1.165) is 36.3 Å². The van der Waals surface area contributed by atoms with Gasteiger partial charge in [0.2, 0.25) is 17.7 Å². The minimum atomic E-state index is -0.911. The molecular weight excluding hydrogens is 318 g/mol. The molecule has 0 atom stereocenters. The Kier molecular flexibility index (Phi) is 4.34. The summed E-state index contributed by atoms with van der Waals surface area (Å²) >= 11 is 0. The van der Waals surface area contributed by atoms with E-state index < -0.39 is 41.1 Å². The number of para-hydroxylation sites is 1. The van der Waals surface area contributed by atoms with Crippen LogP contribution < -0.4 is 5.32 Å². The third kappa shape index (κ3) is 2.90. The van der Waals surface area contributed by atoms with Crippen LogP contribution in [0.4, 0.5) is 14.5 Å². The SMILES string of the molecule is O=C(CN1C(=O)CC2(CCCCC2)C1=O)Nc1c(F)cccc1F. The number of rotatable bonds is 3. The number of halogens is 2. The molecule has 24 heavy (non-hydrogen) atoms. The number of carbonyl (C=O) groups is 3. The number of anilines is 1. The molecule has 0 bridgehead atoms. The first-order valence-electron chi connectivity index (χ1n) is 8.02. The van der Waals surface area contributed by atoms with E-state index in [2.05, 4.69) is 5.32 Å². The molecule has 1 spiro atoms. The van der Waals surface area contributed by atoms with E-state index in [-0.39, 0.29) is 12.3 Å². The molecule has 1 saturated carbocycles. The van der Waals surface area contributed by atoms with Crippen LogP contribution in [0.3, 0.4) is 0 Å². The van der Waals surface area contributed by atoms with Crippen LogP contribution in [-0.2, 0) is 14.4 Å². The van der Waals surface area contributed by atoms with Crippen molar-refractivity contribution in [3.63, 3.8) is 0 Å². The maximum Gasteiger partial charge on any atom is 0.244 e. The van der Waals surface area contributed by atoms with Crippen molar-refractivity contribution >= 4 is 23.4 Å². The molecule has 3 amide bonds. The number of hydrogen-bond acceptors (Lipinski definition) is 3. The highest BCUT2D eigenvalue weighted by molar-refractivity contribution is 6.09. The predicted octanol–water partition coefficient (Wildman–Crippen LogP) is 2.61. The summed E-state index contributed by atoms with van der Waals surface area (Å²) < 4.78 is 27.1. The third-order valence-electron chi connectivity index (χ3n) is 4.83. The molecule has 1 heterocycles. The second-order valence-corrected chi connectivity index (χ2v) is 6.45. The quantitative estimate of drug-likeness (QED) is 0.863. The van der Waals surface area contributed by atoms with Gasteiger partial charge in [-0.3, -0.25) is 19.3 Å². The van der Waals surface area contributed by atoms with Crippen molar-refractivity contribution in [1.29, 1.82) is 0 Å². The maximum atomic E-state index is 13.6. The normalized spacial score (nSPS) is 19.8. The molecule has 0 unspecified atom stereocenters. The summed E-state index contributed by atoms with van der Waals surface area (Å²) in [6.07, 6.45) is 4.23. The van der Waals surface area contributed by atoms with Crippen molar-refractivity contribution in [2.45, 2.75) is 38.5 Å². The van der Waals surface area contributed by atoms with Crippen molar-refractivity contribution in [3.05, 3.63) is 29.8 Å². The molecule has 7 heteroatoms. The minimum Gasteiger partial charge on any atom is -0.320 e. The molecule has 1 aliphatic heterocycles. The van der Waals surface area contributed by atoms with Gasteiger partial charge in [0.25, 0.3) is 0 Å². The molecule has 2 aliphatic rings. The van der Waals surface area contributed by atoms with Crippen LogP contribution in [0.2, 0.25) is 0 Å². The zero-order valence-corrected chi connectivity index (χ0v) is 13.1. The number of imide groups is 1. The average Bonchev–Trinajstić information content (AvgIpc) is 2.76. The van der Waals surface area contributed by atoms with Crippen molar-refractivity contribution in [3.8, 4) is 0 Å². The first-order chi connectivity index (χ1) is 11.4. The molecule has 128 valence electrons. The van der Waals surface area contributed by atoms with E-state index in [0.29, 0.717) is 12.8 Å². The number of likely N-dealkylation sites (tertiary alicyclic amines) is 1. The summed E-state index contributed by atoms with van der Waals surface area (Å²) in [5.74, 6) is -3.35. The highest BCUT2D eigenvalue weighted by atomic mass is 19.1. The Morgan fingerprint density at radius 1 is 1.12 bits per heavy atom. The fourth-order valence-corrected chi connectivity index (χ4v) is 3.58. The van der Waals surface area contributed by atoms with E-state index in [1.807, 2.05) is 0 Å². The van der Waals surface area contributed by atoms with Gasteiger partial charge in [-0.1, -0.05) is 25.3 Å². The van der Waals surface area contributed by atoms with Crippen LogP contribution in [0.25, 0.3) is 0 Å². The Hall–Kier alpha value is -2.31. The van der Waals surface area contributed by atoms with Crippen molar-refractivity contribution in [2.24, 2.45) is 5.41 Å². The number of nitrogens with zero attached hydrogens (tertiary/aromatic N) is 1. The second kappa shape index (κ2) is 6.30. The largest absolute Gasteiger partial charge is 0.320 e. The predicted molar refractivity (Wildman–Crippen MR) is 81.8 cm³/mol. The second-order valence-electron chi connectivity index (χ2n) is 6.45. The molecule has 1 saturated heterocycles. The molecule has 1 aliphatic carbocycles. The van der Waals surface area contributed by atoms with Gasteiger partial charge in [0, 0.05) is 6.42 Å². The van der Waals surface area contributed by atoms with Crippen LogP contribution in [-0.4, -0.2) is 29.2 Å². The van der Waals surface area contributed by atoms with Gasteiger partial charge in [-0.15, -0.1) is 0 Å². The standard InChI is InChI=1S/C17H18F2N2O3/c18-11-5-4-6-12(19)15(11)20-13(22)10-21-14(23)9-17(16(21)24)7-2-1-3-8-17/h4-6H,1-3,7-10H2,(H,20,22). The Morgan fingerprint density at radius 2 is 1.75 bits per heavy atom. The van der Waals surface area contributed by atoms with Crippen LogP contribution >= 0.6 is 0 Å². The lowest BCUT2D eigenvalue weighted by molar-refractivity contribution is -0.144. The summed E-state index contributed by atoms with van der Waals surface area (Å²) in [4.78, 5) is 37.7. The smallest absolute Gasteiger partial charge is 0.244 e. The molecule has 1 aromatic rings. The van der Waals surface area contributed by atoms with Crippen molar-refractivity contribution in [1.82, 2.24) is 4.90 Å². The fourth-order valence-electron chi connectivity index (χ4n) is 3.58. The van der Waals surface area contributed by atoms with Gasteiger partial charge < -0.3 is 5.32 Å². The molecule has 1 N–H and O–H groups in total. The number of carbonyl (C=O) groups excluding carboxylic acids is 3. The van der Waals surface area contributed by atoms with Gasteiger partial charge in [0.1, 0.15) is 23.9 Å². The molecule has 0 radical (unpaired) electrons. The summed E-state index contributed by atoms with van der Waals surface area (Å²) in [5.41, 5.74) is -1.26. The number of nitrogens with one attached hydrogen (secondary N) is 1. The molecule has 5 nitrogen and oxygen atoms in total. The Balaban J connectivity index is 1.70. The third-order valence-corrected chi connectivity index (χ3v) is 4.83. The van der Waals surface area contributed by atoms with Gasteiger partial charge in [0.15, 0.2) is 0 Å². The van der Waals surface area contributed by atoms with Gasteiger partial charge in [-0.25, -0.2) is 8.78 Å². The summed E-state index contributed by atoms with van der Waals surface area (Å²) in [7, 11) is 0. The summed E-state index contributed by atoms with van der Waals surface area (Å²) in [6.45, 7) is -0.521. The highest BCUT2D eigenvalue weighted by Gasteiger charge is 2.51. The molecule has 0 aromatic heterocycles. The first-order valence-corrected chi connectivity index (χ1v) is 8.02. The summed E-state index contributed by atoms with van der Waals surface area (Å²) in [5, 5.41) is 2.10. The van der Waals surface area contributed by atoms with Crippen LogP contribution in [0.1, 0.15) is 38.5 Å². The number of hydrogen-bond donors (Lipinski definition) is 1. The van der Waals surface area contributed by atoms with Gasteiger partial charge >= 0.3 is 0 Å². The van der Waals surface area contributed by atoms with Gasteiger partial charge in [-0.05, 0) is 25.0 Å². The minimum absolute atomic E-state index is 0.118. The van der Waals surface area contributed by atoms with Gasteiger partial charge in [0.05, 0.1) is 5.41 Å². The van der Waals surface area contributed by atoms with Crippen LogP contribution in [0.15, 0.2) is 18.2 Å². The van der Waals surface area contributed by atoms with Crippen molar-refractivity contribution in [2.75, 3.05) is 11.9 Å². The topological polar surface area (TPSA) is 66.5 Å². The lowest BCUT2D eigenvalue weighted by Crippen LogP contribution is -2.41. The number of benzene rings is 1. The Morgan fingerprint density at radius 3 is 2.38 bits per heavy atom. The van der Waals surface area contributed by atoms with E-state index in [1.54, 1.807) is 0 Å². The first kappa shape index (κ1) is 16.5.